The highest BCUT2D eigenvalue weighted by atomic mass is 15.6. The van der Waals surface area contributed by atoms with Crippen molar-refractivity contribution in [1.29, 1.82) is 0 Å². The molecule has 0 spiro atoms. The van der Waals surface area contributed by atoms with Crippen molar-refractivity contribution in [2.45, 2.75) is 0 Å². The van der Waals surface area contributed by atoms with Crippen molar-refractivity contribution >= 4 is 0 Å². The minimum Gasteiger partial charge on any atom is -0.293 e. The number of rotatable bonds is 3. The first-order chi connectivity index (χ1) is 3.81. The second kappa shape index (κ2) is 4.11. The fourth-order valence-electron chi connectivity index (χ4n) is 0.152. The maximum atomic E-state index is 3.59. The Kier molecular flexibility index (Phi) is 3.56. The number of hydrogen-bond donors (Lipinski definition) is 1. The molecule has 0 amide bonds. The molecule has 0 atom stereocenters. The Labute approximate surface area is 48.8 Å². The Balaban J connectivity index is 3.35. The van der Waals surface area contributed by atoms with Gasteiger partial charge in [0.1, 0.15) is 0 Å². The second-order valence-corrected chi connectivity index (χ2v) is 1.17. The lowest BCUT2D eigenvalue weighted by Gasteiger charge is -1.99. The summed E-state index contributed by atoms with van der Waals surface area (Å²) in [4.78, 5) is 0. The van der Waals surface area contributed by atoms with Gasteiger partial charge in [-0.2, -0.15) is 0 Å². The first kappa shape index (κ1) is 6.94. The first-order valence-electron chi connectivity index (χ1n) is 2.24. The van der Waals surface area contributed by atoms with Crippen molar-refractivity contribution in [2.75, 3.05) is 14.1 Å². The van der Waals surface area contributed by atoms with Gasteiger partial charge in [0.15, 0.2) is 0 Å². The average molecular weight is 114 g/mol. The zero-order valence-corrected chi connectivity index (χ0v) is 5.13. The molecule has 0 aliphatic carbocycles. The molecule has 0 saturated carbocycles. The molecule has 0 heterocycles. The third-order valence-electron chi connectivity index (χ3n) is 0.550. The summed E-state index contributed by atoms with van der Waals surface area (Å²) in [5.74, 6) is 0. The maximum absolute atomic E-state index is 3.59. The van der Waals surface area contributed by atoms with Crippen LogP contribution < -0.4 is 5.43 Å². The molecule has 0 unspecified atom stereocenters. The zero-order chi connectivity index (χ0) is 6.41. The van der Waals surface area contributed by atoms with Crippen LogP contribution in [0.3, 0.4) is 0 Å². The summed E-state index contributed by atoms with van der Waals surface area (Å²) in [5.41, 5.74) is 2.50. The number of hydrogen-bond acceptors (Lipinski definition) is 2. The van der Waals surface area contributed by atoms with E-state index in [1.807, 2.05) is 0 Å². The normalized spacial score (nSPS) is 9.25. The monoisotopic (exact) mass is 114 g/mol. The van der Waals surface area contributed by atoms with E-state index in [-0.39, 0.29) is 0 Å². The van der Waals surface area contributed by atoms with Gasteiger partial charge in [0, 0.05) is 20.3 Å². The predicted octanol–water partition coefficient (Wildman–Crippen LogP) is 0.563. The highest BCUT2D eigenvalue weighted by Crippen LogP contribution is 1.80. The van der Waals surface area contributed by atoms with Gasteiger partial charge in [-0.25, -0.2) is 0 Å². The molecule has 0 fully saturated rings. The van der Waals surface area contributed by atoms with Gasteiger partial charge in [0.25, 0.3) is 0 Å². The van der Waals surface area contributed by atoms with Crippen LogP contribution in [0.5, 0.6) is 0 Å². The molecule has 0 aliphatic heterocycles. The molecule has 4 nitrogen and oxygen atoms in total. The topological polar surface area (TPSA) is 40.0 Å². The lowest BCUT2D eigenvalue weighted by Crippen LogP contribution is -2.01. The summed E-state index contributed by atoms with van der Waals surface area (Å²) in [7, 11) is 3.42. The quantitative estimate of drug-likeness (QED) is 0.430. The molecule has 0 saturated heterocycles. The average Bonchev–Trinajstić information content (AvgIpc) is 1.83. The Hall–Kier alpha value is -1.06. The third-order valence-corrected chi connectivity index (χ3v) is 0.550. The minimum absolute atomic E-state index is 1.50. The summed E-state index contributed by atoms with van der Waals surface area (Å²) in [5, 5.41) is 8.56. The summed E-state index contributed by atoms with van der Waals surface area (Å²) < 4.78 is 0. The Morgan fingerprint density at radius 2 is 2.38 bits per heavy atom. The van der Waals surface area contributed by atoms with Crippen molar-refractivity contribution in [1.82, 2.24) is 10.4 Å². The Bertz CT molecular complexity index is 88.0. The van der Waals surface area contributed by atoms with Crippen LogP contribution in [-0.2, 0) is 0 Å². The Morgan fingerprint density at radius 3 is 2.75 bits per heavy atom. The SMILES string of the molecule is C=CN(C)/N=N\NC. The van der Waals surface area contributed by atoms with E-state index in [0.29, 0.717) is 0 Å². The standard InChI is InChI=1S/C4H10N4/c1-4-8(3)7-6-5-2/h4H,1H2,2-3H3,(H,5,7). The van der Waals surface area contributed by atoms with Crippen LogP contribution in [0.2, 0.25) is 0 Å². The van der Waals surface area contributed by atoms with E-state index in [9.17, 15) is 0 Å². The minimum atomic E-state index is 1.50. The van der Waals surface area contributed by atoms with E-state index in [4.69, 9.17) is 0 Å². The van der Waals surface area contributed by atoms with Crippen LogP contribution in [-0.4, -0.2) is 19.1 Å². The molecular formula is C4H10N4. The van der Waals surface area contributed by atoms with Crippen molar-refractivity contribution in [3.63, 3.8) is 0 Å². The van der Waals surface area contributed by atoms with Crippen LogP contribution >= 0.6 is 0 Å². The molecule has 0 aromatic heterocycles. The van der Waals surface area contributed by atoms with E-state index in [1.165, 1.54) is 5.01 Å². The van der Waals surface area contributed by atoms with Crippen LogP contribution in [0, 0.1) is 0 Å². The highest BCUT2D eigenvalue weighted by molar-refractivity contribution is 4.59. The maximum Gasteiger partial charge on any atom is 0.0314 e. The van der Waals surface area contributed by atoms with Gasteiger partial charge in [-0.3, -0.25) is 10.4 Å². The summed E-state index contributed by atoms with van der Waals surface area (Å²) in [6.07, 6.45) is 1.56. The molecule has 0 aliphatic rings. The molecular weight excluding hydrogens is 104 g/mol. The van der Waals surface area contributed by atoms with Crippen LogP contribution in [0.4, 0.5) is 0 Å². The first-order valence-corrected chi connectivity index (χ1v) is 2.24. The number of nitrogens with one attached hydrogen (secondary N) is 1. The Morgan fingerprint density at radius 1 is 1.75 bits per heavy atom. The zero-order valence-electron chi connectivity index (χ0n) is 5.13. The van der Waals surface area contributed by atoms with Crippen LogP contribution in [0.1, 0.15) is 0 Å². The van der Waals surface area contributed by atoms with Crippen LogP contribution in [0.15, 0.2) is 23.2 Å². The molecule has 1 N–H and O–H groups in total. The summed E-state index contributed by atoms with van der Waals surface area (Å²) >= 11 is 0. The van der Waals surface area contributed by atoms with E-state index >= 15 is 0 Å². The lowest BCUT2D eigenvalue weighted by atomic mass is 11.0. The molecule has 4 heteroatoms. The van der Waals surface area contributed by atoms with Gasteiger partial charge in [-0.15, -0.1) is 0 Å². The van der Waals surface area contributed by atoms with Gasteiger partial charge in [0.2, 0.25) is 0 Å². The molecule has 46 valence electrons. The second-order valence-electron chi connectivity index (χ2n) is 1.17. The van der Waals surface area contributed by atoms with E-state index in [1.54, 1.807) is 20.3 Å². The fourth-order valence-corrected chi connectivity index (χ4v) is 0.152. The van der Waals surface area contributed by atoms with E-state index in [0.717, 1.165) is 0 Å². The largest absolute Gasteiger partial charge is 0.293 e. The van der Waals surface area contributed by atoms with Gasteiger partial charge < -0.3 is 0 Å². The van der Waals surface area contributed by atoms with Crippen molar-refractivity contribution in [3.05, 3.63) is 12.8 Å². The van der Waals surface area contributed by atoms with Gasteiger partial charge in [0.05, 0.1) is 0 Å². The molecule has 0 rings (SSSR count). The van der Waals surface area contributed by atoms with Gasteiger partial charge in [-0.05, 0) is 5.22 Å². The lowest BCUT2D eigenvalue weighted by molar-refractivity contribution is 0.435. The number of nitrogens with zero attached hydrogens (tertiary/aromatic N) is 3. The molecule has 0 aromatic carbocycles. The summed E-state index contributed by atoms with van der Waals surface area (Å²) in [6, 6.07) is 0. The van der Waals surface area contributed by atoms with Gasteiger partial charge in [-0.1, -0.05) is 11.8 Å². The summed E-state index contributed by atoms with van der Waals surface area (Å²) in [6.45, 7) is 3.46. The fraction of sp³-hybridized carbons (Fsp3) is 0.500. The van der Waals surface area contributed by atoms with Crippen LogP contribution in [0.25, 0.3) is 0 Å². The smallest absolute Gasteiger partial charge is 0.0314 e. The van der Waals surface area contributed by atoms with E-state index in [2.05, 4.69) is 22.5 Å². The van der Waals surface area contributed by atoms with Gasteiger partial charge >= 0.3 is 0 Å². The van der Waals surface area contributed by atoms with Crippen molar-refractivity contribution < 1.29 is 0 Å². The molecule has 0 aromatic rings. The molecule has 0 radical (unpaired) electrons. The third kappa shape index (κ3) is 3.14. The molecule has 8 heavy (non-hydrogen) atoms. The predicted molar refractivity (Wildman–Crippen MR) is 31.9 cm³/mol. The van der Waals surface area contributed by atoms with Crippen molar-refractivity contribution in [3.8, 4) is 0 Å². The highest BCUT2D eigenvalue weighted by Gasteiger charge is 1.75. The van der Waals surface area contributed by atoms with Crippen molar-refractivity contribution in [2.24, 2.45) is 10.4 Å². The molecule has 0 bridgehead atoms. The van der Waals surface area contributed by atoms with E-state index < -0.39 is 0 Å².